The molecule has 150 valence electrons. The fourth-order valence-corrected chi connectivity index (χ4v) is 3.45. The molecule has 0 saturated carbocycles. The van der Waals surface area contributed by atoms with Gasteiger partial charge in [-0.3, -0.25) is 4.79 Å². The molecule has 2 heterocycles. The molecule has 0 bridgehead atoms. The van der Waals surface area contributed by atoms with Crippen LogP contribution in [0.5, 0.6) is 11.5 Å². The van der Waals surface area contributed by atoms with Crippen LogP contribution in [0.4, 0.5) is 4.39 Å². The van der Waals surface area contributed by atoms with Gasteiger partial charge in [-0.1, -0.05) is 24.3 Å². The van der Waals surface area contributed by atoms with Gasteiger partial charge in [-0.2, -0.15) is 5.10 Å². The summed E-state index contributed by atoms with van der Waals surface area (Å²) in [5.41, 5.74) is 2.23. The molecule has 29 heavy (non-hydrogen) atoms. The minimum absolute atomic E-state index is 0.165. The van der Waals surface area contributed by atoms with Gasteiger partial charge in [0.25, 0.3) is 5.91 Å². The smallest absolute Gasteiger partial charge is 0.257 e. The maximum Gasteiger partial charge on any atom is 0.257 e. The lowest BCUT2D eigenvalue weighted by Crippen LogP contribution is -2.31. The molecular formula is C22H22FN3O3. The molecule has 0 saturated heterocycles. The van der Waals surface area contributed by atoms with E-state index in [0.717, 1.165) is 5.56 Å². The van der Waals surface area contributed by atoms with Gasteiger partial charge in [0.05, 0.1) is 17.5 Å². The first-order chi connectivity index (χ1) is 14.1. The maximum atomic E-state index is 14.2. The predicted octanol–water partition coefficient (Wildman–Crippen LogP) is 3.75. The molecular weight excluding hydrogens is 373 g/mol. The van der Waals surface area contributed by atoms with Crippen molar-refractivity contribution >= 4 is 5.91 Å². The third-order valence-electron chi connectivity index (χ3n) is 5.00. The average molecular weight is 395 g/mol. The van der Waals surface area contributed by atoms with Crippen LogP contribution < -0.4 is 9.47 Å². The SMILES string of the molecule is CCN(Cc1cccc2c1OCCO2)C(=O)c1cnn(-c2ccccc2F)c1C. The van der Waals surface area contributed by atoms with E-state index < -0.39 is 5.82 Å². The standard InChI is InChI=1S/C22H22FN3O3/c1-3-25(14-16-7-6-10-20-21(16)29-12-11-28-20)22(27)17-13-24-26(15(17)2)19-9-5-4-8-18(19)23/h4-10,13H,3,11-12,14H2,1-2H3. The third-order valence-corrected chi connectivity index (χ3v) is 5.00. The molecule has 0 spiro atoms. The highest BCUT2D eigenvalue weighted by Gasteiger charge is 2.24. The van der Waals surface area contributed by atoms with Gasteiger partial charge in [-0.05, 0) is 32.0 Å². The fraction of sp³-hybridized carbons (Fsp3) is 0.273. The largest absolute Gasteiger partial charge is 0.486 e. The van der Waals surface area contributed by atoms with E-state index in [2.05, 4.69) is 5.10 Å². The van der Waals surface area contributed by atoms with Crippen molar-refractivity contribution in [3.05, 3.63) is 71.3 Å². The van der Waals surface area contributed by atoms with Crippen LogP contribution in [0.1, 0.15) is 28.5 Å². The fourth-order valence-electron chi connectivity index (χ4n) is 3.45. The molecule has 0 radical (unpaired) electrons. The zero-order chi connectivity index (χ0) is 20.4. The van der Waals surface area contributed by atoms with E-state index >= 15 is 0 Å². The number of para-hydroxylation sites is 2. The highest BCUT2D eigenvalue weighted by molar-refractivity contribution is 5.95. The Morgan fingerprint density at radius 3 is 2.76 bits per heavy atom. The Bertz CT molecular complexity index is 1050. The number of fused-ring (bicyclic) bond motifs is 1. The van der Waals surface area contributed by atoms with Crippen LogP contribution >= 0.6 is 0 Å². The van der Waals surface area contributed by atoms with Crippen molar-refractivity contribution in [3.8, 4) is 17.2 Å². The molecule has 4 rings (SSSR count). The summed E-state index contributed by atoms with van der Waals surface area (Å²) in [6.07, 6.45) is 1.49. The van der Waals surface area contributed by atoms with Crippen LogP contribution in [0.15, 0.2) is 48.7 Å². The average Bonchev–Trinajstić information content (AvgIpc) is 3.13. The van der Waals surface area contributed by atoms with E-state index in [4.69, 9.17) is 9.47 Å². The molecule has 6 nitrogen and oxygen atoms in total. The summed E-state index contributed by atoms with van der Waals surface area (Å²) >= 11 is 0. The molecule has 0 atom stereocenters. The lowest BCUT2D eigenvalue weighted by atomic mass is 10.1. The first-order valence-corrected chi connectivity index (χ1v) is 9.56. The van der Waals surface area contributed by atoms with Crippen LogP contribution in [0.25, 0.3) is 5.69 Å². The third kappa shape index (κ3) is 3.55. The Hall–Kier alpha value is -3.35. The van der Waals surface area contributed by atoms with Crippen LogP contribution in [0.3, 0.4) is 0 Å². The van der Waals surface area contributed by atoms with E-state index in [1.54, 1.807) is 30.0 Å². The molecule has 0 unspecified atom stereocenters. The molecule has 1 amide bonds. The van der Waals surface area contributed by atoms with E-state index in [-0.39, 0.29) is 5.91 Å². The molecule has 7 heteroatoms. The van der Waals surface area contributed by atoms with Crippen molar-refractivity contribution < 1.29 is 18.7 Å². The number of hydrogen-bond donors (Lipinski definition) is 0. The normalized spacial score (nSPS) is 12.7. The summed E-state index contributed by atoms with van der Waals surface area (Å²) in [6, 6.07) is 12.0. The Kier molecular flexibility index (Phi) is 5.20. The summed E-state index contributed by atoms with van der Waals surface area (Å²) in [5.74, 6) is 0.824. The number of hydrogen-bond acceptors (Lipinski definition) is 4. The van der Waals surface area contributed by atoms with Gasteiger partial charge in [0.2, 0.25) is 0 Å². The topological polar surface area (TPSA) is 56.6 Å². The molecule has 0 N–H and O–H groups in total. The summed E-state index contributed by atoms with van der Waals surface area (Å²) in [6.45, 7) is 5.57. The van der Waals surface area contributed by atoms with Gasteiger partial charge in [0, 0.05) is 18.7 Å². The number of amides is 1. The molecule has 3 aromatic rings. The Balaban J connectivity index is 1.62. The van der Waals surface area contributed by atoms with Crippen molar-refractivity contribution in [2.24, 2.45) is 0 Å². The first-order valence-electron chi connectivity index (χ1n) is 9.56. The number of nitrogens with zero attached hydrogens (tertiary/aromatic N) is 3. The quantitative estimate of drug-likeness (QED) is 0.660. The molecule has 1 aliphatic rings. The lowest BCUT2D eigenvalue weighted by Gasteiger charge is -2.25. The molecule has 1 aliphatic heterocycles. The zero-order valence-electron chi connectivity index (χ0n) is 16.4. The van der Waals surface area contributed by atoms with Gasteiger partial charge in [-0.15, -0.1) is 0 Å². The number of rotatable bonds is 5. The predicted molar refractivity (Wildman–Crippen MR) is 106 cm³/mol. The van der Waals surface area contributed by atoms with Gasteiger partial charge in [0.1, 0.15) is 24.7 Å². The van der Waals surface area contributed by atoms with Crippen molar-refractivity contribution in [1.82, 2.24) is 14.7 Å². The second-order valence-electron chi connectivity index (χ2n) is 6.77. The summed E-state index contributed by atoms with van der Waals surface area (Å²) in [4.78, 5) is 14.9. The van der Waals surface area contributed by atoms with E-state index in [9.17, 15) is 9.18 Å². The molecule has 0 aliphatic carbocycles. The molecule has 0 fully saturated rings. The van der Waals surface area contributed by atoms with Crippen molar-refractivity contribution in [2.45, 2.75) is 20.4 Å². The number of halogens is 1. The number of ether oxygens (including phenoxy) is 2. The van der Waals surface area contributed by atoms with Crippen molar-refractivity contribution in [1.29, 1.82) is 0 Å². The molecule has 2 aromatic carbocycles. The van der Waals surface area contributed by atoms with Crippen molar-refractivity contribution in [2.75, 3.05) is 19.8 Å². The number of aromatic nitrogens is 2. The monoisotopic (exact) mass is 395 g/mol. The Labute approximate surface area is 168 Å². The van der Waals surface area contributed by atoms with Crippen LogP contribution in [-0.2, 0) is 6.54 Å². The van der Waals surface area contributed by atoms with E-state index in [1.165, 1.54) is 16.9 Å². The first kappa shape index (κ1) is 19.0. The number of benzene rings is 2. The number of carbonyl (C=O) groups is 1. The zero-order valence-corrected chi connectivity index (χ0v) is 16.4. The highest BCUT2D eigenvalue weighted by Crippen LogP contribution is 2.34. The van der Waals surface area contributed by atoms with Crippen molar-refractivity contribution in [3.63, 3.8) is 0 Å². The highest BCUT2D eigenvalue weighted by atomic mass is 19.1. The lowest BCUT2D eigenvalue weighted by molar-refractivity contribution is 0.0748. The summed E-state index contributed by atoms with van der Waals surface area (Å²) in [7, 11) is 0. The second kappa shape index (κ2) is 7.95. The minimum Gasteiger partial charge on any atom is -0.486 e. The van der Waals surface area contributed by atoms with E-state index in [0.29, 0.717) is 54.7 Å². The maximum absolute atomic E-state index is 14.2. The molecule has 1 aromatic heterocycles. The minimum atomic E-state index is -0.391. The van der Waals surface area contributed by atoms with Crippen LogP contribution in [0.2, 0.25) is 0 Å². The van der Waals surface area contributed by atoms with Gasteiger partial charge < -0.3 is 14.4 Å². The second-order valence-corrected chi connectivity index (χ2v) is 6.77. The van der Waals surface area contributed by atoms with Gasteiger partial charge in [0.15, 0.2) is 11.5 Å². The number of carbonyl (C=O) groups excluding carboxylic acids is 1. The van der Waals surface area contributed by atoms with Crippen LogP contribution in [-0.4, -0.2) is 40.3 Å². The Morgan fingerprint density at radius 1 is 1.17 bits per heavy atom. The van der Waals surface area contributed by atoms with Crippen LogP contribution in [0, 0.1) is 12.7 Å². The summed E-state index contributed by atoms with van der Waals surface area (Å²) < 4.78 is 27.0. The van der Waals surface area contributed by atoms with E-state index in [1.807, 2.05) is 25.1 Å². The Morgan fingerprint density at radius 2 is 1.97 bits per heavy atom. The van der Waals surface area contributed by atoms with Gasteiger partial charge in [-0.25, -0.2) is 9.07 Å². The summed E-state index contributed by atoms with van der Waals surface area (Å²) in [5, 5.41) is 4.25. The van der Waals surface area contributed by atoms with Gasteiger partial charge >= 0.3 is 0 Å².